The molecule has 0 radical (unpaired) electrons. The number of phenols is 1. The number of Topliss-reactive ketones (excluding diaryl/α,β-unsaturated/α-hetero) is 4. The number of hydrogen-bond donors (Lipinski definition) is 3. The number of halogens is 2. The Morgan fingerprint density at radius 3 is 2.38 bits per heavy atom. The number of aromatic hydroxyl groups is 1. The zero-order valence-corrected chi connectivity index (χ0v) is 14.8. The predicted molar refractivity (Wildman–Crippen MR) is 88.4 cm³/mol. The van der Waals surface area contributed by atoms with Gasteiger partial charge in [-0.3, -0.25) is 24.0 Å². The summed E-state index contributed by atoms with van der Waals surface area (Å²) in [5.41, 5.74) is 1.30. The maximum absolute atomic E-state index is 14.2. The smallest absolute Gasteiger partial charge is 0.235 e. The van der Waals surface area contributed by atoms with E-state index in [1.807, 2.05) is 0 Å². The van der Waals surface area contributed by atoms with E-state index in [9.17, 15) is 43.0 Å². The molecule has 1 aromatic carbocycles. The minimum Gasteiger partial charge on any atom is -0.504 e. The molecule has 0 heterocycles. The maximum atomic E-state index is 14.2. The number of nitrogens with two attached hydrogens (primary N) is 1. The van der Waals surface area contributed by atoms with Crippen molar-refractivity contribution >= 4 is 29.0 Å². The van der Waals surface area contributed by atoms with Crippen molar-refractivity contribution in [3.63, 3.8) is 0 Å². The largest absolute Gasteiger partial charge is 0.504 e. The molecule has 4 N–H and O–H groups in total. The van der Waals surface area contributed by atoms with Crippen molar-refractivity contribution in [1.29, 1.82) is 0 Å². The number of aliphatic hydroxyl groups is 1. The highest BCUT2D eigenvalue weighted by Gasteiger charge is 2.66. The highest BCUT2D eigenvalue weighted by molar-refractivity contribution is 6.31. The summed E-state index contributed by atoms with van der Waals surface area (Å²) in [5, 5.41) is 20.8. The molecule has 1 aromatic rings. The van der Waals surface area contributed by atoms with Gasteiger partial charge in [0, 0.05) is 24.0 Å². The van der Waals surface area contributed by atoms with Crippen LogP contribution in [0.2, 0.25) is 0 Å². The van der Waals surface area contributed by atoms with E-state index in [1.165, 1.54) is 0 Å². The van der Waals surface area contributed by atoms with E-state index < -0.39 is 87.7 Å². The molecule has 0 aromatic heterocycles. The Hall–Kier alpha value is -3.01. The fourth-order valence-corrected chi connectivity index (χ4v) is 4.96. The molecule has 5 atom stereocenters. The van der Waals surface area contributed by atoms with Crippen LogP contribution in [0.25, 0.3) is 0 Å². The van der Waals surface area contributed by atoms with Crippen LogP contribution in [-0.2, 0) is 25.6 Å². The third-order valence-corrected chi connectivity index (χ3v) is 6.30. The summed E-state index contributed by atoms with van der Waals surface area (Å²) >= 11 is 0. The Labute approximate surface area is 161 Å². The summed E-state index contributed by atoms with van der Waals surface area (Å²) in [6, 6.07) is 0.424. The molecule has 152 valence electrons. The van der Waals surface area contributed by atoms with Crippen molar-refractivity contribution in [2.45, 2.75) is 24.9 Å². The summed E-state index contributed by atoms with van der Waals surface area (Å²) in [7, 11) is 0. The van der Waals surface area contributed by atoms with Crippen LogP contribution in [0.1, 0.15) is 28.8 Å². The molecule has 4 rings (SSSR count). The maximum Gasteiger partial charge on any atom is 0.235 e. The second-order valence-electron chi connectivity index (χ2n) is 7.78. The number of ketones is 4. The van der Waals surface area contributed by atoms with Crippen LogP contribution in [0, 0.1) is 35.3 Å². The molecular formula is C19H15F2NO7. The summed E-state index contributed by atoms with van der Waals surface area (Å²) in [4.78, 5) is 62.3. The number of carbonyl (C=O) groups is 5. The minimum atomic E-state index is -2.79. The quantitative estimate of drug-likeness (QED) is 0.536. The van der Waals surface area contributed by atoms with Gasteiger partial charge in [-0.15, -0.1) is 0 Å². The zero-order valence-electron chi connectivity index (χ0n) is 14.8. The first-order valence-corrected chi connectivity index (χ1v) is 8.87. The first kappa shape index (κ1) is 19.3. The second kappa shape index (κ2) is 5.99. The number of hydrogen-bond acceptors (Lipinski definition) is 7. The highest BCUT2D eigenvalue weighted by atomic mass is 19.1. The molecule has 0 spiro atoms. The molecule has 8 nitrogen and oxygen atoms in total. The number of benzene rings is 1. The topological polar surface area (TPSA) is 152 Å². The number of rotatable bonds is 1. The van der Waals surface area contributed by atoms with Gasteiger partial charge in [0.25, 0.3) is 0 Å². The molecule has 2 fully saturated rings. The minimum absolute atomic E-state index is 0.154. The van der Waals surface area contributed by atoms with E-state index in [2.05, 4.69) is 0 Å². The third-order valence-electron chi connectivity index (χ3n) is 6.30. The standard InChI is InChI=1S/C19H15F2NO7/c20-8-4-9(21)14(24)12-7(8)2-5-1-6-3-10(23)13(18(22)28)17(27)19(6,29)16(26)11(5)15(12)25/h4-6,11,13,24,29H,1-3H2,(H2,22,28)/t5-,6+,11?,13?,19+/m1/s1. The molecule has 3 aliphatic rings. The van der Waals surface area contributed by atoms with Gasteiger partial charge in [-0.25, -0.2) is 8.78 Å². The lowest BCUT2D eigenvalue weighted by Gasteiger charge is -2.48. The van der Waals surface area contributed by atoms with E-state index in [-0.39, 0.29) is 18.4 Å². The van der Waals surface area contributed by atoms with Gasteiger partial charge in [-0.05, 0) is 18.8 Å². The molecular weight excluding hydrogens is 392 g/mol. The average Bonchev–Trinajstić information content (AvgIpc) is 2.62. The second-order valence-corrected chi connectivity index (χ2v) is 7.78. The number of phenolic OH excluding ortho intramolecular Hbond substituents is 1. The van der Waals surface area contributed by atoms with Gasteiger partial charge in [0.15, 0.2) is 46.2 Å². The lowest BCUT2D eigenvalue weighted by molar-refractivity contribution is -0.175. The van der Waals surface area contributed by atoms with Crippen LogP contribution in [0.5, 0.6) is 5.75 Å². The number of fused-ring (bicyclic) bond motifs is 3. The van der Waals surface area contributed by atoms with Crippen molar-refractivity contribution in [3.8, 4) is 5.75 Å². The van der Waals surface area contributed by atoms with Crippen molar-refractivity contribution in [2.24, 2.45) is 29.4 Å². The Kier molecular flexibility index (Phi) is 3.99. The Balaban J connectivity index is 1.84. The monoisotopic (exact) mass is 407 g/mol. The molecule has 0 aliphatic heterocycles. The lowest BCUT2D eigenvalue weighted by atomic mass is 9.54. The van der Waals surface area contributed by atoms with Crippen LogP contribution in [0.3, 0.4) is 0 Å². The molecule has 29 heavy (non-hydrogen) atoms. The van der Waals surface area contributed by atoms with Crippen LogP contribution in [0.15, 0.2) is 6.07 Å². The number of primary amides is 1. The molecule has 2 saturated carbocycles. The average molecular weight is 407 g/mol. The number of amides is 1. The van der Waals surface area contributed by atoms with Crippen molar-refractivity contribution in [3.05, 3.63) is 28.8 Å². The first-order chi connectivity index (χ1) is 13.5. The van der Waals surface area contributed by atoms with E-state index in [1.54, 1.807) is 0 Å². The molecule has 0 bridgehead atoms. The fourth-order valence-electron chi connectivity index (χ4n) is 4.96. The SMILES string of the molecule is NC(=O)C1C(=O)C[C@@H]2C[C@@H]3Cc4c(F)cc(F)c(O)c4C(=O)C3C(=O)[C@]2(O)C1=O. The first-order valence-electron chi connectivity index (χ1n) is 8.87. The zero-order chi connectivity index (χ0) is 21.4. The summed E-state index contributed by atoms with van der Waals surface area (Å²) in [6.07, 6.45) is -0.868. The summed E-state index contributed by atoms with van der Waals surface area (Å²) < 4.78 is 27.9. The van der Waals surface area contributed by atoms with Gasteiger partial charge in [-0.2, -0.15) is 0 Å². The van der Waals surface area contributed by atoms with Gasteiger partial charge < -0.3 is 15.9 Å². The van der Waals surface area contributed by atoms with E-state index in [0.29, 0.717) is 6.07 Å². The van der Waals surface area contributed by atoms with Crippen molar-refractivity contribution in [2.75, 3.05) is 0 Å². The van der Waals surface area contributed by atoms with Gasteiger partial charge in [0.1, 0.15) is 5.82 Å². The van der Waals surface area contributed by atoms with Gasteiger partial charge >= 0.3 is 0 Å². The van der Waals surface area contributed by atoms with Crippen molar-refractivity contribution < 1.29 is 43.0 Å². The summed E-state index contributed by atoms with van der Waals surface area (Å²) in [6.45, 7) is 0. The van der Waals surface area contributed by atoms with Crippen molar-refractivity contribution in [1.82, 2.24) is 0 Å². The third kappa shape index (κ3) is 2.35. The van der Waals surface area contributed by atoms with E-state index in [4.69, 9.17) is 5.73 Å². The van der Waals surface area contributed by atoms with E-state index >= 15 is 0 Å². The molecule has 3 aliphatic carbocycles. The molecule has 0 saturated heterocycles. The van der Waals surface area contributed by atoms with Gasteiger partial charge in [0.2, 0.25) is 5.91 Å². The van der Waals surface area contributed by atoms with Crippen LogP contribution in [-0.4, -0.2) is 44.9 Å². The Morgan fingerprint density at radius 1 is 1.10 bits per heavy atom. The van der Waals surface area contributed by atoms with E-state index in [0.717, 1.165) is 0 Å². The molecule has 1 amide bonds. The normalized spacial score (nSPS) is 33.8. The Morgan fingerprint density at radius 2 is 1.76 bits per heavy atom. The van der Waals surface area contributed by atoms with Crippen LogP contribution >= 0.6 is 0 Å². The Bertz CT molecular complexity index is 1040. The molecule has 2 unspecified atom stereocenters. The molecule has 10 heteroatoms. The fraction of sp³-hybridized carbons (Fsp3) is 0.421. The predicted octanol–water partition coefficient (Wildman–Crippen LogP) is -0.395. The van der Waals surface area contributed by atoms with Crippen LogP contribution in [0.4, 0.5) is 8.78 Å². The van der Waals surface area contributed by atoms with Gasteiger partial charge in [-0.1, -0.05) is 0 Å². The van der Waals surface area contributed by atoms with Crippen LogP contribution < -0.4 is 5.73 Å². The summed E-state index contributed by atoms with van der Waals surface area (Å²) in [5.74, 6) is -15.2. The lowest BCUT2D eigenvalue weighted by Crippen LogP contribution is -2.68. The highest BCUT2D eigenvalue weighted by Crippen LogP contribution is 2.50. The van der Waals surface area contributed by atoms with Gasteiger partial charge in [0.05, 0.1) is 11.5 Å². The number of carbonyl (C=O) groups excluding carboxylic acids is 5.